The summed E-state index contributed by atoms with van der Waals surface area (Å²) in [5, 5.41) is 1.59. The van der Waals surface area contributed by atoms with Crippen LogP contribution in [0.25, 0.3) is 43.5 Å². The average Bonchev–Trinajstić information content (AvgIpc) is 3.45. The zero-order valence-electron chi connectivity index (χ0n) is 25.9. The maximum atomic E-state index is 16.0. The Balaban J connectivity index is 1.52. The van der Waals surface area contributed by atoms with E-state index in [1.54, 1.807) is 4.90 Å². The summed E-state index contributed by atoms with van der Waals surface area (Å²) in [4.78, 5) is 29.4. The number of benzene rings is 2. The van der Waals surface area contributed by atoms with Gasteiger partial charge in [0.1, 0.15) is 23.3 Å². The van der Waals surface area contributed by atoms with E-state index in [0.29, 0.717) is 34.9 Å². The highest BCUT2D eigenvalue weighted by Gasteiger charge is 2.38. The quantitative estimate of drug-likeness (QED) is 0.187. The third-order valence-electron chi connectivity index (χ3n) is 9.53. The Morgan fingerprint density at radius 1 is 1.07 bits per heavy atom. The van der Waals surface area contributed by atoms with Crippen molar-refractivity contribution < 1.29 is 18.0 Å². The number of likely N-dealkylation sites (tertiary alicyclic amines) is 1. The molecule has 0 saturated carbocycles. The summed E-state index contributed by atoms with van der Waals surface area (Å²) < 4.78 is 48.2. The molecule has 3 aromatic heterocycles. The van der Waals surface area contributed by atoms with Gasteiger partial charge in [-0.3, -0.25) is 9.79 Å². The lowest BCUT2D eigenvalue weighted by molar-refractivity contribution is -0.129. The molecule has 2 aromatic carbocycles. The normalized spacial score (nSPS) is 20.0. The number of hydrogen-bond acceptors (Lipinski definition) is 5. The van der Waals surface area contributed by atoms with Crippen molar-refractivity contribution in [1.82, 2.24) is 19.4 Å². The first-order valence-corrected chi connectivity index (χ1v) is 16.1. The smallest absolute Gasteiger partial charge is 0.246 e. The highest BCUT2D eigenvalue weighted by Crippen LogP contribution is 2.44. The second-order valence-electron chi connectivity index (χ2n) is 12.2. The Hall–Kier alpha value is -4.57. The molecule has 0 radical (unpaired) electrons. The molecule has 0 bridgehead atoms. The highest BCUT2D eigenvalue weighted by molar-refractivity contribution is 7.17. The summed E-state index contributed by atoms with van der Waals surface area (Å²) in [6.07, 6.45) is 4.03. The number of thiophene rings is 1. The van der Waals surface area contributed by atoms with E-state index < -0.39 is 17.5 Å². The summed E-state index contributed by atoms with van der Waals surface area (Å²) in [6.45, 7) is 10.8. The van der Waals surface area contributed by atoms with Crippen LogP contribution in [0.1, 0.15) is 31.8 Å². The SMILES string of the molecule is C=CC(=O)N1C[C@H](C)C2CCN=C(c3nc(-c4ccc5c(c4)nc(C)n5C)c4scc(F)c4c3-c3ccc(F)cc3F)C=C2[C@H]1C. The molecule has 0 aliphatic carbocycles. The van der Waals surface area contributed by atoms with E-state index in [9.17, 15) is 9.18 Å². The first kappa shape index (κ1) is 30.1. The molecule has 5 heterocycles. The number of carbonyl (C=O) groups is 1. The maximum absolute atomic E-state index is 16.0. The second kappa shape index (κ2) is 11.3. The van der Waals surface area contributed by atoms with E-state index in [4.69, 9.17) is 9.98 Å². The maximum Gasteiger partial charge on any atom is 0.246 e. The summed E-state index contributed by atoms with van der Waals surface area (Å²) in [6, 6.07) is 8.87. The van der Waals surface area contributed by atoms with E-state index in [2.05, 4.69) is 18.5 Å². The third kappa shape index (κ3) is 4.78. The molecule has 3 atom stereocenters. The Kier molecular flexibility index (Phi) is 7.43. The van der Waals surface area contributed by atoms with Crippen LogP contribution in [0, 0.1) is 36.2 Å². The fraction of sp³-hybridized carbons (Fsp3) is 0.278. The number of aromatic nitrogens is 3. The predicted molar refractivity (Wildman–Crippen MR) is 178 cm³/mol. The molecule has 6 nitrogen and oxygen atoms in total. The lowest BCUT2D eigenvalue weighted by atomic mass is 9.76. The van der Waals surface area contributed by atoms with Crippen molar-refractivity contribution in [1.29, 1.82) is 0 Å². The minimum atomic E-state index is -0.824. The van der Waals surface area contributed by atoms with Gasteiger partial charge in [0, 0.05) is 53.7 Å². The highest BCUT2D eigenvalue weighted by atomic mass is 32.1. The van der Waals surface area contributed by atoms with Gasteiger partial charge in [-0.05, 0) is 74.1 Å². The summed E-state index contributed by atoms with van der Waals surface area (Å²) >= 11 is 1.18. The first-order valence-electron chi connectivity index (χ1n) is 15.3. The molecule has 1 saturated heterocycles. The Morgan fingerprint density at radius 3 is 2.63 bits per heavy atom. The minimum Gasteiger partial charge on any atom is -0.332 e. The molecule has 2 aliphatic heterocycles. The lowest BCUT2D eigenvalue weighted by Gasteiger charge is -2.43. The number of aryl methyl sites for hydroxylation is 2. The van der Waals surface area contributed by atoms with Crippen LogP contribution in [0.3, 0.4) is 0 Å². The average molecular weight is 640 g/mol. The van der Waals surface area contributed by atoms with Gasteiger partial charge < -0.3 is 9.47 Å². The van der Waals surface area contributed by atoms with E-state index in [1.165, 1.54) is 28.9 Å². The van der Waals surface area contributed by atoms with Gasteiger partial charge in [-0.25, -0.2) is 23.1 Å². The number of carbonyl (C=O) groups excluding carboxylic acids is 1. The van der Waals surface area contributed by atoms with Gasteiger partial charge in [-0.15, -0.1) is 11.3 Å². The van der Waals surface area contributed by atoms with Crippen molar-refractivity contribution in [3.05, 3.63) is 95.1 Å². The summed E-state index contributed by atoms with van der Waals surface area (Å²) in [5.74, 6) is -1.06. The number of hydrogen-bond donors (Lipinski definition) is 0. The predicted octanol–water partition coefficient (Wildman–Crippen LogP) is 8.03. The van der Waals surface area contributed by atoms with Crippen molar-refractivity contribution in [2.75, 3.05) is 13.1 Å². The number of fused-ring (bicyclic) bond motifs is 3. The van der Waals surface area contributed by atoms with Crippen LogP contribution < -0.4 is 0 Å². The number of allylic oxidation sites excluding steroid dienone is 1. The number of amides is 1. The fourth-order valence-electron chi connectivity index (χ4n) is 7.05. The molecule has 7 rings (SSSR count). The number of pyridine rings is 1. The molecule has 2 aliphatic rings. The van der Waals surface area contributed by atoms with Crippen LogP contribution in [0.5, 0.6) is 0 Å². The van der Waals surface area contributed by atoms with Crippen LogP contribution >= 0.6 is 11.3 Å². The Bertz CT molecular complexity index is 2140. The summed E-state index contributed by atoms with van der Waals surface area (Å²) in [7, 11) is 1.95. The molecule has 0 spiro atoms. The monoisotopic (exact) mass is 639 g/mol. The number of rotatable bonds is 4. The number of imidazole rings is 1. The van der Waals surface area contributed by atoms with Crippen LogP contribution in [0.15, 0.2) is 71.1 Å². The van der Waals surface area contributed by atoms with Crippen LogP contribution in [0.2, 0.25) is 0 Å². The largest absolute Gasteiger partial charge is 0.332 e. The number of aliphatic imine (C=N–C) groups is 1. The molecule has 10 heteroatoms. The zero-order valence-corrected chi connectivity index (χ0v) is 26.8. The molecule has 234 valence electrons. The van der Waals surface area contributed by atoms with Gasteiger partial charge in [0.05, 0.1) is 38.9 Å². The standard InChI is InChI=1S/C36H32F3N5OS/c1-6-31(45)44-16-18(2)23-11-12-40-29(15-25(23)19(44)3)35-32(24-9-8-22(37)14-26(24)38)33-27(39)17-46-36(33)34(42-35)21-7-10-30-28(13-21)41-20(4)43(30)5/h6-10,13-15,17-19,23H,1,11-12,16H2,2-5H3/t18-,19+,23?/m0/s1. The molecular weight excluding hydrogens is 607 g/mol. The topological polar surface area (TPSA) is 63.4 Å². The molecule has 1 amide bonds. The molecule has 1 fully saturated rings. The van der Waals surface area contributed by atoms with E-state index >= 15 is 8.78 Å². The van der Waals surface area contributed by atoms with Crippen molar-refractivity contribution in [3.8, 4) is 22.4 Å². The lowest BCUT2D eigenvalue weighted by Crippen LogP contribution is -2.49. The molecule has 0 N–H and O–H groups in total. The van der Waals surface area contributed by atoms with Gasteiger partial charge >= 0.3 is 0 Å². The number of piperidine rings is 1. The number of nitrogens with zero attached hydrogens (tertiary/aromatic N) is 5. The van der Waals surface area contributed by atoms with Crippen LogP contribution in [-0.4, -0.2) is 50.2 Å². The van der Waals surface area contributed by atoms with Crippen molar-refractivity contribution in [3.63, 3.8) is 0 Å². The van der Waals surface area contributed by atoms with Crippen LogP contribution in [-0.2, 0) is 11.8 Å². The van der Waals surface area contributed by atoms with Crippen molar-refractivity contribution >= 4 is 44.1 Å². The van der Waals surface area contributed by atoms with Crippen LogP contribution in [0.4, 0.5) is 13.2 Å². The van der Waals surface area contributed by atoms with E-state index in [1.807, 2.05) is 49.7 Å². The first-order chi connectivity index (χ1) is 22.1. The van der Waals surface area contributed by atoms with Crippen molar-refractivity contribution in [2.45, 2.75) is 33.2 Å². The molecule has 5 aromatic rings. The Labute approximate surface area is 268 Å². The van der Waals surface area contributed by atoms with Gasteiger partial charge in [0.2, 0.25) is 5.91 Å². The Morgan fingerprint density at radius 2 is 1.87 bits per heavy atom. The van der Waals surface area contributed by atoms with Gasteiger partial charge in [-0.2, -0.15) is 0 Å². The van der Waals surface area contributed by atoms with E-state index in [0.717, 1.165) is 46.5 Å². The van der Waals surface area contributed by atoms with Gasteiger partial charge in [-0.1, -0.05) is 19.6 Å². The number of halogens is 3. The molecule has 46 heavy (non-hydrogen) atoms. The zero-order chi connectivity index (χ0) is 32.4. The van der Waals surface area contributed by atoms with E-state index in [-0.39, 0.29) is 40.3 Å². The molecular formula is C36H32F3N5OS. The second-order valence-corrected chi connectivity index (χ2v) is 13.1. The molecule has 1 unspecified atom stereocenters. The van der Waals surface area contributed by atoms with Gasteiger partial charge in [0.25, 0.3) is 0 Å². The van der Waals surface area contributed by atoms with Crippen molar-refractivity contribution in [2.24, 2.45) is 23.9 Å². The minimum absolute atomic E-state index is 0.0315. The summed E-state index contributed by atoms with van der Waals surface area (Å²) in [5.41, 5.74) is 4.98. The van der Waals surface area contributed by atoms with Gasteiger partial charge in [0.15, 0.2) is 0 Å². The third-order valence-corrected chi connectivity index (χ3v) is 10.5. The fourth-order valence-corrected chi connectivity index (χ4v) is 7.98.